The number of hydrogen-bond acceptors (Lipinski definition) is 3. The van der Waals surface area contributed by atoms with Crippen LogP contribution in [0.2, 0.25) is 0 Å². The van der Waals surface area contributed by atoms with Crippen LogP contribution in [0.25, 0.3) is 0 Å². The van der Waals surface area contributed by atoms with Crippen molar-refractivity contribution in [3.05, 3.63) is 0 Å². The maximum Gasteiger partial charge on any atom is 0.163 e. The van der Waals surface area contributed by atoms with Gasteiger partial charge in [0.25, 0.3) is 0 Å². The van der Waals surface area contributed by atoms with E-state index in [1.165, 1.54) is 0 Å². The lowest BCUT2D eigenvalue weighted by molar-refractivity contribution is 0.520. The lowest BCUT2D eigenvalue weighted by Crippen LogP contribution is -2.08. The summed E-state index contributed by atoms with van der Waals surface area (Å²) in [5, 5.41) is 26.3. The molecule has 0 aromatic rings. The van der Waals surface area contributed by atoms with Gasteiger partial charge in [-0.15, -0.1) is 0 Å². The summed E-state index contributed by atoms with van der Waals surface area (Å²) in [6.45, 7) is 1.96. The largest absolute Gasteiger partial charge is 0.198 e. The van der Waals surface area contributed by atoms with Gasteiger partial charge < -0.3 is 0 Å². The molecular weight excluding hydrogens is 150 g/mol. The number of nitriles is 3. The van der Waals surface area contributed by atoms with Crippen molar-refractivity contribution in [1.82, 2.24) is 0 Å². The fourth-order valence-corrected chi connectivity index (χ4v) is 1.65. The van der Waals surface area contributed by atoms with Gasteiger partial charge in [-0.1, -0.05) is 13.3 Å². The molecule has 0 aliphatic heterocycles. The fourth-order valence-electron chi connectivity index (χ4n) is 1.65. The normalized spacial score (nSPS) is 29.5. The Bertz CT molecular complexity index is 298. The molecule has 0 N–H and O–H groups in total. The molecule has 3 heteroatoms. The van der Waals surface area contributed by atoms with Crippen LogP contribution in [0.5, 0.6) is 0 Å². The monoisotopic (exact) mass is 159 g/mol. The predicted octanol–water partition coefficient (Wildman–Crippen LogP) is 1.73. The summed E-state index contributed by atoms with van der Waals surface area (Å²) in [5.74, 6) is 0. The van der Waals surface area contributed by atoms with Crippen molar-refractivity contribution in [1.29, 1.82) is 15.8 Å². The lowest BCUT2D eigenvalue weighted by Gasteiger charge is -2.04. The van der Waals surface area contributed by atoms with Crippen molar-refractivity contribution < 1.29 is 0 Å². The average molecular weight is 159 g/mol. The molecule has 1 atom stereocenters. The fraction of sp³-hybridized carbons (Fsp3) is 0.667. The van der Waals surface area contributed by atoms with Gasteiger partial charge in [0, 0.05) is 6.42 Å². The Morgan fingerprint density at radius 2 is 1.75 bits per heavy atom. The number of rotatable bonds is 2. The zero-order valence-corrected chi connectivity index (χ0v) is 6.96. The minimum Gasteiger partial charge on any atom is -0.198 e. The van der Waals surface area contributed by atoms with Crippen molar-refractivity contribution in [2.45, 2.75) is 26.2 Å². The van der Waals surface area contributed by atoms with Gasteiger partial charge in [0.1, 0.15) is 0 Å². The van der Waals surface area contributed by atoms with Crippen LogP contribution < -0.4 is 0 Å². The highest BCUT2D eigenvalue weighted by atomic mass is 14.7. The Kier molecular flexibility index (Phi) is 1.79. The molecule has 0 saturated heterocycles. The quantitative estimate of drug-likeness (QED) is 0.616. The van der Waals surface area contributed by atoms with Crippen LogP contribution >= 0.6 is 0 Å². The minimum absolute atomic E-state index is 0.428. The highest BCUT2D eigenvalue weighted by molar-refractivity contribution is 5.40. The molecule has 1 unspecified atom stereocenters. The average Bonchev–Trinajstić information content (AvgIpc) is 2.76. The standard InChI is InChI=1S/C9H9N3/c1-2-3-8(5-10)4-9(8,6-11)7-12/h2-4H2,1H3. The van der Waals surface area contributed by atoms with Gasteiger partial charge in [-0.2, -0.15) is 15.8 Å². The molecule has 3 nitrogen and oxygen atoms in total. The van der Waals surface area contributed by atoms with Crippen LogP contribution in [0, 0.1) is 44.8 Å². The third-order valence-corrected chi connectivity index (χ3v) is 2.53. The summed E-state index contributed by atoms with van der Waals surface area (Å²) in [4.78, 5) is 0. The molecule has 0 aromatic carbocycles. The Balaban J connectivity index is 2.89. The van der Waals surface area contributed by atoms with E-state index in [-0.39, 0.29) is 0 Å². The first-order chi connectivity index (χ1) is 5.70. The van der Waals surface area contributed by atoms with E-state index in [0.29, 0.717) is 12.8 Å². The summed E-state index contributed by atoms with van der Waals surface area (Å²) in [5.41, 5.74) is -1.66. The zero-order valence-electron chi connectivity index (χ0n) is 6.96. The molecule has 1 aliphatic rings. The van der Waals surface area contributed by atoms with E-state index < -0.39 is 10.8 Å². The van der Waals surface area contributed by atoms with Gasteiger partial charge in [0.05, 0.1) is 23.6 Å². The second-order valence-corrected chi connectivity index (χ2v) is 3.25. The van der Waals surface area contributed by atoms with Gasteiger partial charge in [0.2, 0.25) is 0 Å². The van der Waals surface area contributed by atoms with Crippen molar-refractivity contribution in [3.8, 4) is 18.2 Å². The van der Waals surface area contributed by atoms with Gasteiger partial charge in [-0.25, -0.2) is 0 Å². The second-order valence-electron chi connectivity index (χ2n) is 3.25. The molecule has 1 aliphatic carbocycles. The highest BCUT2D eigenvalue weighted by Crippen LogP contribution is 2.65. The summed E-state index contributed by atoms with van der Waals surface area (Å²) < 4.78 is 0. The first-order valence-electron chi connectivity index (χ1n) is 3.94. The smallest absolute Gasteiger partial charge is 0.163 e. The van der Waals surface area contributed by atoms with Crippen LogP contribution in [0.3, 0.4) is 0 Å². The summed E-state index contributed by atoms with van der Waals surface area (Å²) in [6.07, 6.45) is 1.93. The molecule has 0 aromatic heterocycles. The topological polar surface area (TPSA) is 71.4 Å². The van der Waals surface area contributed by atoms with E-state index in [4.69, 9.17) is 15.8 Å². The van der Waals surface area contributed by atoms with E-state index >= 15 is 0 Å². The molecular formula is C9H9N3. The van der Waals surface area contributed by atoms with Crippen molar-refractivity contribution in [2.75, 3.05) is 0 Å². The Hall–Kier alpha value is -1.53. The van der Waals surface area contributed by atoms with Gasteiger partial charge in [0.15, 0.2) is 5.41 Å². The number of nitrogens with zero attached hydrogens (tertiary/aromatic N) is 3. The van der Waals surface area contributed by atoms with E-state index in [0.717, 1.165) is 6.42 Å². The second kappa shape index (κ2) is 2.50. The third-order valence-electron chi connectivity index (χ3n) is 2.53. The van der Waals surface area contributed by atoms with Crippen LogP contribution in [0.15, 0.2) is 0 Å². The van der Waals surface area contributed by atoms with Crippen molar-refractivity contribution >= 4 is 0 Å². The Morgan fingerprint density at radius 1 is 1.17 bits per heavy atom. The van der Waals surface area contributed by atoms with Gasteiger partial charge in [-0.05, 0) is 6.42 Å². The maximum atomic E-state index is 8.83. The molecule has 1 fully saturated rings. The highest BCUT2D eigenvalue weighted by Gasteiger charge is 2.69. The molecule has 1 saturated carbocycles. The van der Waals surface area contributed by atoms with E-state index in [1.54, 1.807) is 0 Å². The third kappa shape index (κ3) is 0.789. The molecule has 0 radical (unpaired) electrons. The lowest BCUT2D eigenvalue weighted by atomic mass is 9.92. The van der Waals surface area contributed by atoms with Gasteiger partial charge >= 0.3 is 0 Å². The van der Waals surface area contributed by atoms with Crippen LogP contribution in [0.1, 0.15) is 26.2 Å². The zero-order chi connectivity index (χ0) is 9.24. The predicted molar refractivity (Wildman–Crippen MR) is 41.2 cm³/mol. The summed E-state index contributed by atoms with van der Waals surface area (Å²) in [6, 6.07) is 5.99. The van der Waals surface area contributed by atoms with Crippen molar-refractivity contribution in [3.63, 3.8) is 0 Å². The first kappa shape index (κ1) is 8.57. The summed E-state index contributed by atoms with van der Waals surface area (Å²) >= 11 is 0. The first-order valence-corrected chi connectivity index (χ1v) is 3.94. The molecule has 1 rings (SSSR count). The van der Waals surface area contributed by atoms with E-state index in [2.05, 4.69) is 6.07 Å². The Morgan fingerprint density at radius 3 is 2.00 bits per heavy atom. The molecule has 0 spiro atoms. The van der Waals surface area contributed by atoms with E-state index in [9.17, 15) is 0 Å². The molecule has 0 heterocycles. The van der Waals surface area contributed by atoms with Crippen LogP contribution in [0.4, 0.5) is 0 Å². The van der Waals surface area contributed by atoms with E-state index in [1.807, 2.05) is 19.1 Å². The molecule has 12 heavy (non-hydrogen) atoms. The van der Waals surface area contributed by atoms with Gasteiger partial charge in [-0.3, -0.25) is 0 Å². The summed E-state index contributed by atoms with van der Waals surface area (Å²) in [7, 11) is 0. The minimum atomic E-state index is -1.00. The molecule has 0 amide bonds. The van der Waals surface area contributed by atoms with Crippen LogP contribution in [-0.2, 0) is 0 Å². The van der Waals surface area contributed by atoms with Crippen LogP contribution in [-0.4, -0.2) is 0 Å². The number of hydrogen-bond donors (Lipinski definition) is 0. The van der Waals surface area contributed by atoms with Crippen molar-refractivity contribution in [2.24, 2.45) is 10.8 Å². The molecule has 0 bridgehead atoms. The molecule has 60 valence electrons. The SMILES string of the molecule is CCCC1(C#N)CC1(C#N)C#N. The maximum absolute atomic E-state index is 8.83. The Labute approximate surface area is 71.8 Å².